The number of hydrogen-bond donors (Lipinski definition) is 1. The van der Waals surface area contributed by atoms with E-state index in [-0.39, 0.29) is 11.3 Å². The average molecular weight is 392 g/mol. The van der Waals surface area contributed by atoms with E-state index in [0.717, 1.165) is 5.41 Å². The molecule has 27 heavy (non-hydrogen) atoms. The Morgan fingerprint density at radius 2 is 1.56 bits per heavy atom. The lowest BCUT2D eigenvalue weighted by atomic mass is 10.1. The second-order valence-electron chi connectivity index (χ2n) is 5.56. The Morgan fingerprint density at radius 3 is 2.00 bits per heavy atom. The van der Waals surface area contributed by atoms with Crippen LogP contribution in [0, 0.1) is 0 Å². The molecule has 0 aromatic heterocycles. The van der Waals surface area contributed by atoms with Gasteiger partial charge in [0.2, 0.25) is 0 Å². The molecule has 0 saturated heterocycles. The lowest BCUT2D eigenvalue weighted by Gasteiger charge is -2.12. The largest absolute Gasteiger partial charge is 0.496 e. The summed E-state index contributed by atoms with van der Waals surface area (Å²) in [6.45, 7) is 0. The van der Waals surface area contributed by atoms with Gasteiger partial charge in [-0.2, -0.15) is 0 Å². The van der Waals surface area contributed by atoms with E-state index in [0.29, 0.717) is 28.4 Å². The fourth-order valence-corrected chi connectivity index (χ4v) is 3.49. The monoisotopic (exact) mass is 392 g/mol. The standard InChI is InChI=1S/C19H20O7S/c1-24-15-10-17(25-2)16(18(11-15)26-3)8-9-27(22,23)12-13-4-6-14(7-5-13)19(20)21/h4-11H,12H2,1-3H3,(H,20,21). The van der Waals surface area contributed by atoms with Gasteiger partial charge in [-0.1, -0.05) is 12.1 Å². The van der Waals surface area contributed by atoms with Crippen LogP contribution in [-0.2, 0) is 15.6 Å². The second kappa shape index (κ2) is 8.59. The Labute approximate surface area is 157 Å². The Morgan fingerprint density at radius 1 is 1.00 bits per heavy atom. The Hall–Kier alpha value is -3.00. The molecule has 2 rings (SSSR count). The predicted octanol–water partition coefficient (Wildman–Crippen LogP) is 3.00. The number of methoxy groups -OCH3 is 3. The van der Waals surface area contributed by atoms with E-state index in [9.17, 15) is 13.2 Å². The van der Waals surface area contributed by atoms with Crippen LogP contribution in [0.15, 0.2) is 41.8 Å². The van der Waals surface area contributed by atoms with Crippen LogP contribution in [0.2, 0.25) is 0 Å². The Bertz CT molecular complexity index is 920. The SMILES string of the molecule is COc1cc(OC)c(C=CS(=O)(=O)Cc2ccc(C(=O)O)cc2)c(OC)c1. The Kier molecular flexibility index (Phi) is 6.46. The summed E-state index contributed by atoms with van der Waals surface area (Å²) in [5.74, 6) is 0.00151. The van der Waals surface area contributed by atoms with Gasteiger partial charge in [-0.3, -0.25) is 0 Å². The van der Waals surface area contributed by atoms with Crippen molar-refractivity contribution in [3.05, 3.63) is 58.5 Å². The van der Waals surface area contributed by atoms with Crippen molar-refractivity contribution in [1.82, 2.24) is 0 Å². The Balaban J connectivity index is 2.29. The number of aromatic carboxylic acids is 1. The molecule has 0 bridgehead atoms. The summed E-state index contributed by atoms with van der Waals surface area (Å²) in [5, 5.41) is 9.97. The van der Waals surface area contributed by atoms with Crippen molar-refractivity contribution in [2.75, 3.05) is 21.3 Å². The van der Waals surface area contributed by atoms with Crippen molar-refractivity contribution in [2.45, 2.75) is 5.75 Å². The quantitative estimate of drug-likeness (QED) is 0.737. The van der Waals surface area contributed by atoms with Crippen molar-refractivity contribution >= 4 is 21.9 Å². The smallest absolute Gasteiger partial charge is 0.335 e. The molecule has 0 amide bonds. The third kappa shape index (κ3) is 5.24. The van der Waals surface area contributed by atoms with Gasteiger partial charge < -0.3 is 19.3 Å². The summed E-state index contributed by atoms with van der Waals surface area (Å²) in [4.78, 5) is 10.9. The van der Waals surface area contributed by atoms with E-state index < -0.39 is 15.8 Å². The first-order valence-corrected chi connectivity index (χ1v) is 9.54. The first-order chi connectivity index (χ1) is 12.8. The van der Waals surface area contributed by atoms with Crippen LogP contribution >= 0.6 is 0 Å². The van der Waals surface area contributed by atoms with Gasteiger partial charge in [0.1, 0.15) is 17.2 Å². The van der Waals surface area contributed by atoms with Gasteiger partial charge in [0.25, 0.3) is 0 Å². The molecule has 144 valence electrons. The molecular formula is C19H20O7S. The molecule has 0 radical (unpaired) electrons. The van der Waals surface area contributed by atoms with Crippen molar-refractivity contribution in [3.63, 3.8) is 0 Å². The second-order valence-corrected chi connectivity index (χ2v) is 7.44. The molecule has 0 heterocycles. The number of sulfone groups is 1. The van der Waals surface area contributed by atoms with E-state index in [1.54, 1.807) is 12.1 Å². The lowest BCUT2D eigenvalue weighted by molar-refractivity contribution is 0.0697. The van der Waals surface area contributed by atoms with Gasteiger partial charge in [-0.05, 0) is 23.8 Å². The maximum atomic E-state index is 12.4. The van der Waals surface area contributed by atoms with Crippen LogP contribution in [0.25, 0.3) is 6.08 Å². The molecule has 7 nitrogen and oxygen atoms in total. The van der Waals surface area contributed by atoms with Gasteiger partial charge in [0.05, 0.1) is 38.2 Å². The highest BCUT2D eigenvalue weighted by Crippen LogP contribution is 2.35. The maximum absolute atomic E-state index is 12.4. The highest BCUT2D eigenvalue weighted by Gasteiger charge is 2.14. The third-order valence-corrected chi connectivity index (χ3v) is 5.05. The van der Waals surface area contributed by atoms with E-state index in [1.165, 1.54) is 51.7 Å². The molecule has 2 aromatic rings. The molecule has 0 unspecified atom stereocenters. The summed E-state index contributed by atoms with van der Waals surface area (Å²) < 4.78 is 40.5. The highest BCUT2D eigenvalue weighted by molar-refractivity contribution is 7.93. The molecule has 8 heteroatoms. The van der Waals surface area contributed by atoms with Gasteiger partial charge in [-0.15, -0.1) is 0 Å². The summed E-state index contributed by atoms with van der Waals surface area (Å²) in [7, 11) is 0.827. The minimum absolute atomic E-state index is 0.0967. The minimum Gasteiger partial charge on any atom is -0.496 e. The first kappa shape index (κ1) is 20.3. The topological polar surface area (TPSA) is 99.1 Å². The fraction of sp³-hybridized carbons (Fsp3) is 0.211. The van der Waals surface area contributed by atoms with Gasteiger partial charge >= 0.3 is 5.97 Å². The zero-order valence-electron chi connectivity index (χ0n) is 15.1. The maximum Gasteiger partial charge on any atom is 0.335 e. The van der Waals surface area contributed by atoms with Crippen molar-refractivity contribution in [3.8, 4) is 17.2 Å². The molecule has 0 aliphatic carbocycles. The highest BCUT2D eigenvalue weighted by atomic mass is 32.2. The normalized spacial score (nSPS) is 11.4. The lowest BCUT2D eigenvalue weighted by Crippen LogP contribution is -2.02. The van der Waals surface area contributed by atoms with Crippen molar-refractivity contribution in [2.24, 2.45) is 0 Å². The van der Waals surface area contributed by atoms with E-state index in [2.05, 4.69) is 0 Å². The molecule has 0 aliphatic heterocycles. The molecule has 0 aliphatic rings. The molecular weight excluding hydrogens is 372 g/mol. The summed E-state index contributed by atoms with van der Waals surface area (Å²) in [6, 6.07) is 8.94. The predicted molar refractivity (Wildman–Crippen MR) is 101 cm³/mol. The van der Waals surface area contributed by atoms with Crippen molar-refractivity contribution < 1.29 is 32.5 Å². The number of carboxylic acid groups (broad SMARTS) is 1. The van der Waals surface area contributed by atoms with Gasteiger partial charge in [0.15, 0.2) is 9.84 Å². The minimum atomic E-state index is -3.60. The first-order valence-electron chi connectivity index (χ1n) is 7.82. The molecule has 0 fully saturated rings. The number of hydrogen-bond acceptors (Lipinski definition) is 6. The number of rotatable bonds is 8. The van der Waals surface area contributed by atoms with Crippen LogP contribution in [0.3, 0.4) is 0 Å². The summed E-state index contributed by atoms with van der Waals surface area (Å²) in [6.07, 6.45) is 1.40. The van der Waals surface area contributed by atoms with E-state index >= 15 is 0 Å². The van der Waals surface area contributed by atoms with E-state index in [4.69, 9.17) is 19.3 Å². The zero-order chi connectivity index (χ0) is 20.0. The fourth-order valence-electron chi connectivity index (χ4n) is 2.39. The van der Waals surface area contributed by atoms with Crippen LogP contribution in [0.4, 0.5) is 0 Å². The van der Waals surface area contributed by atoms with Crippen LogP contribution in [0.1, 0.15) is 21.5 Å². The zero-order valence-corrected chi connectivity index (χ0v) is 15.9. The molecule has 1 N–H and O–H groups in total. The molecule has 0 spiro atoms. The van der Waals surface area contributed by atoms with Crippen LogP contribution in [0.5, 0.6) is 17.2 Å². The number of carboxylic acids is 1. The van der Waals surface area contributed by atoms with Crippen LogP contribution in [-0.4, -0.2) is 40.8 Å². The third-order valence-electron chi connectivity index (χ3n) is 3.76. The molecule has 2 aromatic carbocycles. The van der Waals surface area contributed by atoms with Crippen molar-refractivity contribution in [1.29, 1.82) is 0 Å². The molecule has 0 saturated carbocycles. The van der Waals surface area contributed by atoms with Gasteiger partial charge in [0, 0.05) is 17.5 Å². The average Bonchev–Trinajstić information content (AvgIpc) is 2.65. The summed E-state index contributed by atoms with van der Waals surface area (Å²) >= 11 is 0. The summed E-state index contributed by atoms with van der Waals surface area (Å²) in [5.41, 5.74) is 1.04. The molecule has 0 atom stereocenters. The van der Waals surface area contributed by atoms with Crippen LogP contribution < -0.4 is 14.2 Å². The van der Waals surface area contributed by atoms with Gasteiger partial charge in [-0.25, -0.2) is 13.2 Å². The number of ether oxygens (including phenoxy) is 3. The van der Waals surface area contributed by atoms with E-state index in [1.807, 2.05) is 0 Å². The number of carbonyl (C=O) groups is 1. The number of benzene rings is 2.